The Bertz CT molecular complexity index is 1260. The first-order valence-corrected chi connectivity index (χ1v) is 11.5. The minimum absolute atomic E-state index is 0.0675. The molecular formula is C28H28FN3O3. The third kappa shape index (κ3) is 5.24. The number of fused-ring (bicyclic) bond motifs is 1. The first-order chi connectivity index (χ1) is 16.7. The van der Waals surface area contributed by atoms with E-state index in [0.717, 1.165) is 27.9 Å². The van der Waals surface area contributed by atoms with Crippen LogP contribution in [-0.2, 0) is 20.8 Å². The molecule has 3 aromatic carbocycles. The summed E-state index contributed by atoms with van der Waals surface area (Å²) >= 11 is 0. The zero-order valence-corrected chi connectivity index (χ0v) is 20.0. The summed E-state index contributed by atoms with van der Waals surface area (Å²) in [7, 11) is 1.59. The zero-order chi connectivity index (χ0) is 25.1. The van der Waals surface area contributed by atoms with Crippen molar-refractivity contribution in [1.29, 1.82) is 0 Å². The molecule has 1 aliphatic rings. The van der Waals surface area contributed by atoms with Crippen LogP contribution in [0.1, 0.15) is 34.6 Å². The number of hydrogen-bond acceptors (Lipinski definition) is 3. The fraction of sp³-hybridized carbons (Fsp3) is 0.250. The van der Waals surface area contributed by atoms with Crippen LogP contribution in [-0.4, -0.2) is 30.8 Å². The maximum absolute atomic E-state index is 13.4. The van der Waals surface area contributed by atoms with E-state index in [4.69, 9.17) is 0 Å². The summed E-state index contributed by atoms with van der Waals surface area (Å²) in [6.45, 7) is 3.84. The Kier molecular flexibility index (Phi) is 6.96. The Balaban J connectivity index is 1.55. The summed E-state index contributed by atoms with van der Waals surface area (Å²) in [4.78, 5) is 40.7. The van der Waals surface area contributed by atoms with Gasteiger partial charge in [-0.15, -0.1) is 0 Å². The van der Waals surface area contributed by atoms with Gasteiger partial charge in [0.1, 0.15) is 11.9 Å². The van der Waals surface area contributed by atoms with Crippen molar-refractivity contribution in [2.75, 3.05) is 17.3 Å². The molecule has 3 aromatic rings. The quantitative estimate of drug-likeness (QED) is 0.538. The van der Waals surface area contributed by atoms with Gasteiger partial charge in [-0.25, -0.2) is 4.39 Å². The summed E-state index contributed by atoms with van der Waals surface area (Å²) in [5.74, 6) is -1.96. The van der Waals surface area contributed by atoms with Gasteiger partial charge in [-0.05, 0) is 60.4 Å². The third-order valence-electron chi connectivity index (χ3n) is 6.43. The molecule has 7 heteroatoms. The molecule has 4 rings (SSSR count). The predicted octanol–water partition coefficient (Wildman–Crippen LogP) is 4.26. The first-order valence-electron chi connectivity index (χ1n) is 11.5. The molecule has 6 nitrogen and oxygen atoms in total. The summed E-state index contributed by atoms with van der Waals surface area (Å²) in [6.07, 6.45) is 0.213. The molecule has 0 saturated heterocycles. The van der Waals surface area contributed by atoms with Crippen LogP contribution >= 0.6 is 0 Å². The largest absolute Gasteiger partial charge is 0.344 e. The topological polar surface area (TPSA) is 78.5 Å². The minimum atomic E-state index is -0.859. The van der Waals surface area contributed by atoms with E-state index < -0.39 is 17.8 Å². The highest BCUT2D eigenvalue weighted by molar-refractivity contribution is 6.06. The SMILES string of the molecule is Cc1ccc(C)c2c1NC(=O)C2CC(=O)N[C@@H](Cc1ccccc1)C(=O)N(C)c1ccc(F)cc1. The highest BCUT2D eigenvalue weighted by atomic mass is 19.1. The molecule has 0 aliphatic carbocycles. The van der Waals surface area contributed by atoms with E-state index in [0.29, 0.717) is 5.69 Å². The Morgan fingerprint density at radius 3 is 2.34 bits per heavy atom. The number of amides is 3. The maximum atomic E-state index is 13.4. The Hall–Kier alpha value is -4.00. The van der Waals surface area contributed by atoms with Crippen molar-refractivity contribution in [1.82, 2.24) is 5.32 Å². The number of carbonyl (C=O) groups excluding carboxylic acids is 3. The number of anilines is 2. The smallest absolute Gasteiger partial charge is 0.249 e. The highest BCUT2D eigenvalue weighted by Gasteiger charge is 2.35. The van der Waals surface area contributed by atoms with Gasteiger partial charge in [0, 0.05) is 31.3 Å². The lowest BCUT2D eigenvalue weighted by molar-refractivity contribution is -0.128. The van der Waals surface area contributed by atoms with E-state index in [1.165, 1.54) is 29.2 Å². The highest BCUT2D eigenvalue weighted by Crippen LogP contribution is 2.39. The van der Waals surface area contributed by atoms with Gasteiger partial charge in [0.2, 0.25) is 17.7 Å². The normalized spacial score (nSPS) is 15.2. The summed E-state index contributed by atoms with van der Waals surface area (Å²) < 4.78 is 13.4. The zero-order valence-electron chi connectivity index (χ0n) is 20.0. The van der Waals surface area contributed by atoms with Crippen LogP contribution in [0.15, 0.2) is 66.7 Å². The Morgan fingerprint density at radius 1 is 1.00 bits per heavy atom. The second-order valence-electron chi connectivity index (χ2n) is 8.92. The van der Waals surface area contributed by atoms with Crippen molar-refractivity contribution >= 4 is 29.1 Å². The van der Waals surface area contributed by atoms with E-state index in [-0.39, 0.29) is 30.6 Å². The number of carbonyl (C=O) groups is 3. The molecule has 1 heterocycles. The van der Waals surface area contributed by atoms with Gasteiger partial charge >= 0.3 is 0 Å². The molecule has 0 radical (unpaired) electrons. The molecular weight excluding hydrogens is 445 g/mol. The number of nitrogens with zero attached hydrogens (tertiary/aromatic N) is 1. The number of halogens is 1. The first kappa shape index (κ1) is 24.1. The van der Waals surface area contributed by atoms with Crippen LogP contribution in [0.2, 0.25) is 0 Å². The van der Waals surface area contributed by atoms with Crippen LogP contribution < -0.4 is 15.5 Å². The average Bonchev–Trinajstić information content (AvgIpc) is 3.18. The lowest BCUT2D eigenvalue weighted by Crippen LogP contribution is -2.49. The van der Waals surface area contributed by atoms with Gasteiger partial charge in [0.15, 0.2) is 0 Å². The third-order valence-corrected chi connectivity index (χ3v) is 6.43. The molecule has 3 amide bonds. The van der Waals surface area contributed by atoms with E-state index in [2.05, 4.69) is 10.6 Å². The number of benzene rings is 3. The van der Waals surface area contributed by atoms with E-state index >= 15 is 0 Å². The second-order valence-corrected chi connectivity index (χ2v) is 8.92. The summed E-state index contributed by atoms with van der Waals surface area (Å²) in [5.41, 5.74) is 4.88. The fourth-order valence-corrected chi connectivity index (χ4v) is 4.50. The predicted molar refractivity (Wildman–Crippen MR) is 134 cm³/mol. The number of likely N-dealkylation sites (N-methyl/N-ethyl adjacent to an activating group) is 1. The van der Waals surface area contributed by atoms with Crippen molar-refractivity contribution in [3.05, 3.63) is 94.8 Å². The van der Waals surface area contributed by atoms with E-state index in [1.54, 1.807) is 7.05 Å². The molecule has 0 aromatic heterocycles. The molecule has 0 fully saturated rings. The maximum Gasteiger partial charge on any atom is 0.249 e. The Morgan fingerprint density at radius 2 is 1.66 bits per heavy atom. The monoisotopic (exact) mass is 473 g/mol. The lowest BCUT2D eigenvalue weighted by Gasteiger charge is -2.25. The summed E-state index contributed by atoms with van der Waals surface area (Å²) in [6, 6.07) is 18.0. The molecule has 0 spiro atoms. The van der Waals surface area contributed by atoms with Gasteiger partial charge in [-0.2, -0.15) is 0 Å². The van der Waals surface area contributed by atoms with Gasteiger partial charge in [0.25, 0.3) is 0 Å². The lowest BCUT2D eigenvalue weighted by atomic mass is 9.91. The number of aryl methyl sites for hydroxylation is 2. The van der Waals surface area contributed by atoms with Crippen molar-refractivity contribution in [3.63, 3.8) is 0 Å². The van der Waals surface area contributed by atoms with Crippen LogP contribution in [0, 0.1) is 19.7 Å². The molecule has 180 valence electrons. The van der Waals surface area contributed by atoms with Crippen molar-refractivity contribution in [2.24, 2.45) is 0 Å². The van der Waals surface area contributed by atoms with Crippen molar-refractivity contribution in [2.45, 2.75) is 38.6 Å². The number of nitrogens with one attached hydrogen (secondary N) is 2. The van der Waals surface area contributed by atoms with Crippen LogP contribution in [0.4, 0.5) is 15.8 Å². The van der Waals surface area contributed by atoms with E-state index in [1.807, 2.05) is 56.3 Å². The Labute approximate surface area is 204 Å². The van der Waals surface area contributed by atoms with Crippen LogP contribution in [0.3, 0.4) is 0 Å². The van der Waals surface area contributed by atoms with Crippen LogP contribution in [0.5, 0.6) is 0 Å². The molecule has 0 bridgehead atoms. The molecule has 1 unspecified atom stereocenters. The van der Waals surface area contributed by atoms with Gasteiger partial charge < -0.3 is 15.5 Å². The molecule has 0 saturated carbocycles. The average molecular weight is 474 g/mol. The second kappa shape index (κ2) is 10.1. The van der Waals surface area contributed by atoms with Crippen LogP contribution in [0.25, 0.3) is 0 Å². The van der Waals surface area contributed by atoms with Crippen molar-refractivity contribution < 1.29 is 18.8 Å². The van der Waals surface area contributed by atoms with Crippen molar-refractivity contribution in [3.8, 4) is 0 Å². The number of rotatable bonds is 7. The van der Waals surface area contributed by atoms with Gasteiger partial charge in [-0.1, -0.05) is 42.5 Å². The van der Waals surface area contributed by atoms with Gasteiger partial charge in [-0.3, -0.25) is 14.4 Å². The number of hydrogen-bond donors (Lipinski definition) is 2. The minimum Gasteiger partial charge on any atom is -0.344 e. The molecule has 1 aliphatic heterocycles. The molecule has 2 atom stereocenters. The van der Waals surface area contributed by atoms with E-state index in [9.17, 15) is 18.8 Å². The standard InChI is InChI=1S/C28H28FN3O3/c1-17-9-10-18(2)26-25(17)22(27(34)31-26)16-24(33)30-23(15-19-7-5-4-6-8-19)28(35)32(3)21-13-11-20(29)12-14-21/h4-14,22-23H,15-16H2,1-3H3,(H,30,33)(H,31,34)/t22?,23-/m0/s1. The molecule has 35 heavy (non-hydrogen) atoms. The summed E-state index contributed by atoms with van der Waals surface area (Å²) in [5, 5.41) is 5.75. The fourth-order valence-electron chi connectivity index (χ4n) is 4.50. The van der Waals surface area contributed by atoms with Gasteiger partial charge in [0.05, 0.1) is 5.92 Å². The molecule has 2 N–H and O–H groups in total.